The van der Waals surface area contributed by atoms with Crippen LogP contribution in [0.3, 0.4) is 0 Å². The molecule has 31 heavy (non-hydrogen) atoms. The molecule has 0 bridgehead atoms. The summed E-state index contributed by atoms with van der Waals surface area (Å²) in [5.41, 5.74) is 0. The molecule has 0 amide bonds. The number of rotatable bonds is 25. The van der Waals surface area contributed by atoms with E-state index in [4.69, 9.17) is 5.11 Å². The summed E-state index contributed by atoms with van der Waals surface area (Å²) < 4.78 is 0. The van der Waals surface area contributed by atoms with Crippen LogP contribution in [0, 0.1) is 0 Å². The van der Waals surface area contributed by atoms with Gasteiger partial charge in [0.2, 0.25) is 0 Å². The van der Waals surface area contributed by atoms with Gasteiger partial charge >= 0.3 is 5.97 Å². The number of hydrogen-bond donors (Lipinski definition) is 1. The molecule has 0 aromatic rings. The van der Waals surface area contributed by atoms with Crippen LogP contribution in [0.25, 0.3) is 0 Å². The number of carboxylic acid groups (broad SMARTS) is 1. The molecule has 184 valence electrons. The van der Waals surface area contributed by atoms with E-state index in [-0.39, 0.29) is 12.3 Å². The Bertz CT molecular complexity index is 411. The van der Waals surface area contributed by atoms with Crippen LogP contribution in [0.15, 0.2) is 0 Å². The fraction of sp³-hybridized carbons (Fsp3) is 0.926. The molecule has 0 saturated heterocycles. The monoisotopic (exact) mass is 439 g/mol. The number of Topliss-reactive ketones (excluding diaryl/α,β-unsaturated/α-hetero) is 1. The minimum Gasteiger partial charge on any atom is -0.480 e. The molecule has 4 heteroatoms. The average Bonchev–Trinajstić information content (AvgIpc) is 2.73. The second-order valence-electron chi connectivity index (χ2n) is 9.40. The molecule has 0 unspecified atom stereocenters. The van der Waals surface area contributed by atoms with E-state index in [9.17, 15) is 9.59 Å². The topological polar surface area (TPSA) is 57.6 Å². The van der Waals surface area contributed by atoms with Crippen LogP contribution < -0.4 is 0 Å². The zero-order valence-corrected chi connectivity index (χ0v) is 21.0. The van der Waals surface area contributed by atoms with Gasteiger partial charge in [0.15, 0.2) is 0 Å². The van der Waals surface area contributed by atoms with E-state index in [1.165, 1.54) is 96.3 Å². The third-order valence-corrected chi connectivity index (χ3v) is 6.15. The van der Waals surface area contributed by atoms with Gasteiger partial charge in [-0.15, -0.1) is 0 Å². The first kappa shape index (κ1) is 30.1. The second kappa shape index (κ2) is 23.8. The highest BCUT2D eigenvalue weighted by molar-refractivity contribution is 5.81. The largest absolute Gasteiger partial charge is 0.480 e. The lowest BCUT2D eigenvalue weighted by Crippen LogP contribution is -2.35. The molecular formula is C27H53NO3. The van der Waals surface area contributed by atoms with Gasteiger partial charge in [-0.05, 0) is 19.4 Å². The highest BCUT2D eigenvalue weighted by atomic mass is 16.4. The lowest BCUT2D eigenvalue weighted by molar-refractivity contribution is -0.138. The number of carbonyl (C=O) groups is 2. The predicted octanol–water partition coefficient (Wildman–Crippen LogP) is 7.78. The van der Waals surface area contributed by atoms with E-state index in [0.717, 1.165) is 32.2 Å². The van der Waals surface area contributed by atoms with E-state index in [1.807, 2.05) is 4.90 Å². The lowest BCUT2D eigenvalue weighted by atomic mass is 10.1. The maximum Gasteiger partial charge on any atom is 0.317 e. The van der Waals surface area contributed by atoms with Crippen LogP contribution in [0.4, 0.5) is 0 Å². The van der Waals surface area contributed by atoms with Crippen LogP contribution in [0.1, 0.15) is 142 Å². The maximum atomic E-state index is 12.3. The van der Waals surface area contributed by atoms with Crippen LogP contribution in [0.5, 0.6) is 0 Å². The Morgan fingerprint density at radius 2 is 0.935 bits per heavy atom. The summed E-state index contributed by atoms with van der Waals surface area (Å²) in [5, 5.41) is 9.16. The van der Waals surface area contributed by atoms with Gasteiger partial charge in [0, 0.05) is 6.42 Å². The summed E-state index contributed by atoms with van der Waals surface area (Å²) in [6.07, 6.45) is 24.5. The molecule has 0 radical (unpaired) electrons. The first-order chi connectivity index (χ1) is 15.1. The number of carboxylic acids is 1. The zero-order valence-electron chi connectivity index (χ0n) is 21.0. The fourth-order valence-corrected chi connectivity index (χ4v) is 4.19. The van der Waals surface area contributed by atoms with Crippen molar-refractivity contribution >= 4 is 11.8 Å². The van der Waals surface area contributed by atoms with Gasteiger partial charge in [-0.3, -0.25) is 14.5 Å². The van der Waals surface area contributed by atoms with Gasteiger partial charge < -0.3 is 5.11 Å². The fourth-order valence-electron chi connectivity index (χ4n) is 4.19. The van der Waals surface area contributed by atoms with Crippen molar-refractivity contribution in [1.29, 1.82) is 0 Å². The Morgan fingerprint density at radius 1 is 0.548 bits per heavy atom. The number of hydrogen-bond acceptors (Lipinski definition) is 3. The maximum absolute atomic E-state index is 12.3. The molecule has 0 spiro atoms. The van der Waals surface area contributed by atoms with Gasteiger partial charge in [-0.2, -0.15) is 0 Å². The minimum atomic E-state index is -0.831. The quantitative estimate of drug-likeness (QED) is 0.147. The van der Waals surface area contributed by atoms with E-state index < -0.39 is 5.97 Å². The highest BCUT2D eigenvalue weighted by Gasteiger charge is 2.13. The number of aliphatic carboxylic acids is 1. The van der Waals surface area contributed by atoms with E-state index >= 15 is 0 Å². The van der Waals surface area contributed by atoms with Gasteiger partial charge in [0.25, 0.3) is 0 Å². The van der Waals surface area contributed by atoms with Crippen molar-refractivity contribution in [2.75, 3.05) is 19.6 Å². The van der Waals surface area contributed by atoms with Crippen LogP contribution >= 0.6 is 0 Å². The zero-order chi connectivity index (χ0) is 23.0. The summed E-state index contributed by atoms with van der Waals surface area (Å²) in [6, 6.07) is 0. The van der Waals surface area contributed by atoms with Crippen LogP contribution in [-0.4, -0.2) is 41.4 Å². The van der Waals surface area contributed by atoms with Gasteiger partial charge in [-0.25, -0.2) is 0 Å². The van der Waals surface area contributed by atoms with Gasteiger partial charge in [0.05, 0.1) is 13.1 Å². The Labute approximate surface area is 193 Å². The third kappa shape index (κ3) is 23.6. The molecule has 0 fully saturated rings. The molecule has 4 nitrogen and oxygen atoms in total. The molecule has 0 heterocycles. The molecule has 0 atom stereocenters. The second-order valence-corrected chi connectivity index (χ2v) is 9.40. The molecule has 0 rings (SSSR count). The lowest BCUT2D eigenvalue weighted by Gasteiger charge is -2.19. The van der Waals surface area contributed by atoms with E-state index in [1.54, 1.807) is 0 Å². The van der Waals surface area contributed by atoms with Crippen molar-refractivity contribution in [1.82, 2.24) is 4.90 Å². The van der Waals surface area contributed by atoms with E-state index in [0.29, 0.717) is 13.0 Å². The molecule has 0 aliphatic heterocycles. The Balaban J connectivity index is 3.74. The summed E-state index contributed by atoms with van der Waals surface area (Å²) in [6.45, 7) is 5.51. The molecule has 0 aliphatic rings. The first-order valence-electron chi connectivity index (χ1n) is 13.6. The Morgan fingerprint density at radius 3 is 1.35 bits per heavy atom. The van der Waals surface area contributed by atoms with Crippen molar-refractivity contribution < 1.29 is 14.7 Å². The molecule has 0 saturated carbocycles. The van der Waals surface area contributed by atoms with Crippen molar-refractivity contribution in [3.63, 3.8) is 0 Å². The van der Waals surface area contributed by atoms with Crippen molar-refractivity contribution in [2.45, 2.75) is 142 Å². The Kier molecular flexibility index (Phi) is 23.1. The number of nitrogens with zero attached hydrogens (tertiary/aromatic N) is 1. The standard InChI is InChI=1S/C27H53NO3/c1-3-5-7-9-11-13-15-17-19-21-23-28(25-27(30)31)24-26(29)22-20-18-16-14-12-10-8-6-4-2/h3-25H2,1-2H3,(H,30,31). The van der Waals surface area contributed by atoms with Gasteiger partial charge in [-0.1, -0.05) is 123 Å². The highest BCUT2D eigenvalue weighted by Crippen LogP contribution is 2.12. The SMILES string of the molecule is CCCCCCCCCCCCN(CC(=O)O)CC(=O)CCCCCCCCCCC. The predicted molar refractivity (Wildman–Crippen MR) is 133 cm³/mol. The summed E-state index contributed by atoms with van der Waals surface area (Å²) >= 11 is 0. The summed E-state index contributed by atoms with van der Waals surface area (Å²) in [5.74, 6) is -0.626. The smallest absolute Gasteiger partial charge is 0.317 e. The van der Waals surface area contributed by atoms with E-state index in [2.05, 4.69) is 13.8 Å². The van der Waals surface area contributed by atoms with Crippen molar-refractivity contribution in [3.05, 3.63) is 0 Å². The molecular weight excluding hydrogens is 386 g/mol. The Hall–Kier alpha value is -0.900. The van der Waals surface area contributed by atoms with Gasteiger partial charge in [0.1, 0.15) is 5.78 Å². The van der Waals surface area contributed by atoms with Crippen LogP contribution in [0.2, 0.25) is 0 Å². The minimum absolute atomic E-state index is 0.0130. The number of unbranched alkanes of at least 4 members (excludes halogenated alkanes) is 17. The van der Waals surface area contributed by atoms with Crippen molar-refractivity contribution in [2.24, 2.45) is 0 Å². The molecule has 0 aromatic carbocycles. The molecule has 0 aliphatic carbocycles. The average molecular weight is 440 g/mol. The first-order valence-corrected chi connectivity index (χ1v) is 13.6. The molecule has 1 N–H and O–H groups in total. The third-order valence-electron chi connectivity index (χ3n) is 6.15. The number of carbonyl (C=O) groups excluding carboxylic acids is 1. The van der Waals surface area contributed by atoms with Crippen LogP contribution in [-0.2, 0) is 9.59 Å². The normalized spacial score (nSPS) is 11.3. The van der Waals surface area contributed by atoms with Crippen molar-refractivity contribution in [3.8, 4) is 0 Å². The summed E-state index contributed by atoms with van der Waals surface area (Å²) in [4.78, 5) is 25.3. The summed E-state index contributed by atoms with van der Waals surface area (Å²) in [7, 11) is 0. The number of ketones is 1. The molecule has 0 aromatic heterocycles.